The standard InChI is InChI=1S/C10H14N2OS2/c1-6(2)8-5-15-10(11-8)12-4-7(14)3-9(12)13/h5-7,14H,3-4H2,1-2H3. The summed E-state index contributed by atoms with van der Waals surface area (Å²) >= 11 is 5.86. The quantitative estimate of drug-likeness (QED) is 0.807. The zero-order chi connectivity index (χ0) is 11.0. The van der Waals surface area contributed by atoms with Crippen molar-refractivity contribution >= 4 is 35.0 Å². The number of aromatic nitrogens is 1. The molecule has 1 fully saturated rings. The number of hydrogen-bond donors (Lipinski definition) is 1. The molecule has 2 heterocycles. The molecule has 0 radical (unpaired) electrons. The van der Waals surface area contributed by atoms with Crippen LogP contribution >= 0.6 is 24.0 Å². The molecule has 1 aromatic rings. The van der Waals surface area contributed by atoms with Crippen molar-refractivity contribution in [3.63, 3.8) is 0 Å². The summed E-state index contributed by atoms with van der Waals surface area (Å²) in [5.41, 5.74) is 1.06. The Bertz CT molecular complexity index is 375. The minimum absolute atomic E-state index is 0.139. The van der Waals surface area contributed by atoms with Gasteiger partial charge in [-0.05, 0) is 5.92 Å². The third-order valence-electron chi connectivity index (χ3n) is 2.44. The Hall–Kier alpha value is -0.550. The van der Waals surface area contributed by atoms with Gasteiger partial charge >= 0.3 is 0 Å². The summed E-state index contributed by atoms with van der Waals surface area (Å²) in [6, 6.07) is 0. The van der Waals surface area contributed by atoms with Crippen molar-refractivity contribution in [3.05, 3.63) is 11.1 Å². The van der Waals surface area contributed by atoms with Gasteiger partial charge in [-0.1, -0.05) is 13.8 Å². The van der Waals surface area contributed by atoms with Crippen LogP contribution in [-0.2, 0) is 4.79 Å². The summed E-state index contributed by atoms with van der Waals surface area (Å²) in [7, 11) is 0. The van der Waals surface area contributed by atoms with E-state index in [-0.39, 0.29) is 11.2 Å². The topological polar surface area (TPSA) is 33.2 Å². The van der Waals surface area contributed by atoms with Crippen molar-refractivity contribution in [3.8, 4) is 0 Å². The molecule has 1 amide bonds. The first kappa shape index (κ1) is 11.0. The van der Waals surface area contributed by atoms with Gasteiger partial charge in [0.15, 0.2) is 5.13 Å². The molecule has 0 spiro atoms. The summed E-state index contributed by atoms with van der Waals surface area (Å²) < 4.78 is 0. The van der Waals surface area contributed by atoms with Gasteiger partial charge in [-0.25, -0.2) is 4.98 Å². The van der Waals surface area contributed by atoms with Gasteiger partial charge in [0.05, 0.1) is 5.69 Å². The molecule has 3 nitrogen and oxygen atoms in total. The Morgan fingerprint density at radius 2 is 2.40 bits per heavy atom. The van der Waals surface area contributed by atoms with Crippen molar-refractivity contribution in [1.82, 2.24) is 4.98 Å². The molecule has 1 atom stereocenters. The molecule has 0 N–H and O–H groups in total. The second kappa shape index (κ2) is 4.14. The van der Waals surface area contributed by atoms with Gasteiger partial charge < -0.3 is 0 Å². The molecule has 5 heteroatoms. The highest BCUT2D eigenvalue weighted by Gasteiger charge is 2.30. The Kier molecular flexibility index (Phi) is 3.02. The summed E-state index contributed by atoms with van der Waals surface area (Å²) in [5, 5.41) is 3.00. The molecular weight excluding hydrogens is 228 g/mol. The fraction of sp³-hybridized carbons (Fsp3) is 0.600. The van der Waals surface area contributed by atoms with E-state index in [0.29, 0.717) is 18.9 Å². The molecule has 2 rings (SSSR count). The van der Waals surface area contributed by atoms with E-state index >= 15 is 0 Å². The molecule has 1 saturated heterocycles. The first-order valence-electron chi connectivity index (χ1n) is 5.01. The molecule has 1 aliphatic heterocycles. The number of carbonyl (C=O) groups excluding carboxylic acids is 1. The lowest BCUT2D eigenvalue weighted by Crippen LogP contribution is -2.24. The van der Waals surface area contributed by atoms with E-state index in [0.717, 1.165) is 10.8 Å². The highest BCUT2D eigenvalue weighted by molar-refractivity contribution is 7.81. The maximum atomic E-state index is 11.6. The highest BCUT2D eigenvalue weighted by Crippen LogP contribution is 2.29. The molecule has 0 saturated carbocycles. The number of anilines is 1. The zero-order valence-corrected chi connectivity index (χ0v) is 10.5. The average molecular weight is 242 g/mol. The van der Waals surface area contributed by atoms with Crippen LogP contribution in [-0.4, -0.2) is 22.7 Å². The fourth-order valence-electron chi connectivity index (χ4n) is 1.54. The predicted molar refractivity (Wildman–Crippen MR) is 65.9 cm³/mol. The number of hydrogen-bond acceptors (Lipinski definition) is 4. The molecule has 15 heavy (non-hydrogen) atoms. The Labute approximate surface area is 98.9 Å². The van der Waals surface area contributed by atoms with E-state index in [2.05, 4.69) is 31.5 Å². The summed E-state index contributed by atoms with van der Waals surface area (Å²) in [4.78, 5) is 17.8. The van der Waals surface area contributed by atoms with Crippen LogP contribution < -0.4 is 4.90 Å². The predicted octanol–water partition coefficient (Wildman–Crippen LogP) is 2.30. The molecule has 1 aromatic heterocycles. The maximum Gasteiger partial charge on any atom is 0.229 e. The van der Waals surface area contributed by atoms with Crippen LogP contribution in [0.15, 0.2) is 5.38 Å². The van der Waals surface area contributed by atoms with Crippen molar-refractivity contribution < 1.29 is 4.79 Å². The molecule has 0 aromatic carbocycles. The molecular formula is C10H14N2OS2. The second-order valence-electron chi connectivity index (χ2n) is 4.07. The van der Waals surface area contributed by atoms with Crippen LogP contribution in [0.1, 0.15) is 31.9 Å². The third-order valence-corrected chi connectivity index (χ3v) is 3.66. The van der Waals surface area contributed by atoms with E-state index in [1.54, 1.807) is 16.2 Å². The largest absolute Gasteiger partial charge is 0.287 e. The van der Waals surface area contributed by atoms with Gasteiger partial charge in [-0.3, -0.25) is 9.69 Å². The Balaban J connectivity index is 2.19. The average Bonchev–Trinajstić information content (AvgIpc) is 2.71. The van der Waals surface area contributed by atoms with Crippen molar-refractivity contribution in [2.75, 3.05) is 11.4 Å². The number of thiazole rings is 1. The zero-order valence-electron chi connectivity index (χ0n) is 8.80. The first-order chi connectivity index (χ1) is 7.08. The van der Waals surface area contributed by atoms with E-state index in [1.165, 1.54) is 0 Å². The Morgan fingerprint density at radius 3 is 2.87 bits per heavy atom. The molecule has 82 valence electrons. The van der Waals surface area contributed by atoms with Gasteiger partial charge in [-0.2, -0.15) is 12.6 Å². The highest BCUT2D eigenvalue weighted by atomic mass is 32.1. The second-order valence-corrected chi connectivity index (χ2v) is 5.64. The fourth-order valence-corrected chi connectivity index (χ4v) is 2.87. The van der Waals surface area contributed by atoms with Crippen LogP contribution in [0.25, 0.3) is 0 Å². The number of carbonyl (C=O) groups is 1. The van der Waals surface area contributed by atoms with Gasteiger partial charge in [0.25, 0.3) is 0 Å². The SMILES string of the molecule is CC(C)c1csc(N2CC(S)CC2=O)n1. The van der Waals surface area contributed by atoms with E-state index in [1.807, 2.05) is 5.38 Å². The number of nitrogens with zero attached hydrogens (tertiary/aromatic N) is 2. The molecule has 1 unspecified atom stereocenters. The number of thiol groups is 1. The molecule has 0 bridgehead atoms. The minimum Gasteiger partial charge on any atom is -0.287 e. The van der Waals surface area contributed by atoms with Gasteiger partial charge in [0, 0.05) is 23.6 Å². The number of amides is 1. The van der Waals surface area contributed by atoms with Crippen LogP contribution in [0.4, 0.5) is 5.13 Å². The van der Waals surface area contributed by atoms with Gasteiger partial charge in [0.1, 0.15) is 0 Å². The van der Waals surface area contributed by atoms with E-state index < -0.39 is 0 Å². The van der Waals surface area contributed by atoms with Crippen LogP contribution in [0.2, 0.25) is 0 Å². The Morgan fingerprint density at radius 1 is 1.67 bits per heavy atom. The van der Waals surface area contributed by atoms with Crippen molar-refractivity contribution in [1.29, 1.82) is 0 Å². The van der Waals surface area contributed by atoms with Crippen LogP contribution in [0, 0.1) is 0 Å². The van der Waals surface area contributed by atoms with Crippen molar-refractivity contribution in [2.45, 2.75) is 31.4 Å². The summed E-state index contributed by atoms with van der Waals surface area (Å²) in [5.74, 6) is 0.555. The lowest BCUT2D eigenvalue weighted by molar-refractivity contribution is -0.117. The molecule has 1 aliphatic rings. The molecule has 0 aliphatic carbocycles. The number of rotatable bonds is 2. The monoisotopic (exact) mass is 242 g/mol. The first-order valence-corrected chi connectivity index (χ1v) is 6.41. The summed E-state index contributed by atoms with van der Waals surface area (Å²) in [6.07, 6.45) is 0.527. The van der Waals surface area contributed by atoms with Gasteiger partial charge in [0.2, 0.25) is 5.91 Å². The van der Waals surface area contributed by atoms with Crippen molar-refractivity contribution in [2.24, 2.45) is 0 Å². The lowest BCUT2D eigenvalue weighted by atomic mass is 10.2. The van der Waals surface area contributed by atoms with E-state index in [9.17, 15) is 4.79 Å². The maximum absolute atomic E-state index is 11.6. The minimum atomic E-state index is 0.139. The third kappa shape index (κ3) is 2.18. The van der Waals surface area contributed by atoms with Crippen LogP contribution in [0.3, 0.4) is 0 Å². The smallest absolute Gasteiger partial charge is 0.229 e. The van der Waals surface area contributed by atoms with Gasteiger partial charge in [-0.15, -0.1) is 11.3 Å². The summed E-state index contributed by atoms with van der Waals surface area (Å²) in [6.45, 7) is 4.89. The normalized spacial score (nSPS) is 21.7. The van der Waals surface area contributed by atoms with Crippen LogP contribution in [0.5, 0.6) is 0 Å². The lowest BCUT2D eigenvalue weighted by Gasteiger charge is -2.11. The van der Waals surface area contributed by atoms with E-state index in [4.69, 9.17) is 0 Å².